The molecule has 1 rings (SSSR count). The van der Waals surface area contributed by atoms with Crippen molar-refractivity contribution in [2.45, 2.75) is 46.3 Å². The van der Waals surface area contributed by atoms with Gasteiger partial charge >= 0.3 is 0 Å². The molecule has 1 aromatic heterocycles. The van der Waals surface area contributed by atoms with E-state index >= 15 is 0 Å². The van der Waals surface area contributed by atoms with E-state index in [9.17, 15) is 0 Å². The Labute approximate surface area is 116 Å². The molecule has 18 heavy (non-hydrogen) atoms. The Kier molecular flexibility index (Phi) is 7.25. The minimum absolute atomic E-state index is 0.562. The van der Waals surface area contributed by atoms with E-state index in [0.29, 0.717) is 6.04 Å². The largest absolute Gasteiger partial charge is 0.312 e. The molecule has 0 aliphatic rings. The van der Waals surface area contributed by atoms with Gasteiger partial charge in [-0.15, -0.1) is 17.9 Å². The first kappa shape index (κ1) is 15.4. The quantitative estimate of drug-likeness (QED) is 0.542. The number of nitrogens with one attached hydrogen (secondary N) is 1. The SMILES string of the molecule is C=CCN(Cc1ccc(CNCCC)s1)C(C)C. The monoisotopic (exact) mass is 266 g/mol. The van der Waals surface area contributed by atoms with Gasteiger partial charge in [-0.1, -0.05) is 13.0 Å². The Morgan fingerprint density at radius 2 is 2.11 bits per heavy atom. The number of hydrogen-bond donors (Lipinski definition) is 1. The molecule has 0 amide bonds. The van der Waals surface area contributed by atoms with E-state index in [1.807, 2.05) is 17.4 Å². The molecular weight excluding hydrogens is 240 g/mol. The van der Waals surface area contributed by atoms with Crippen LogP contribution in [0.15, 0.2) is 24.8 Å². The highest BCUT2D eigenvalue weighted by molar-refractivity contribution is 7.11. The summed E-state index contributed by atoms with van der Waals surface area (Å²) in [6.45, 7) is 14.6. The van der Waals surface area contributed by atoms with Crippen LogP contribution in [0.25, 0.3) is 0 Å². The number of nitrogens with zero attached hydrogens (tertiary/aromatic N) is 1. The van der Waals surface area contributed by atoms with Crippen molar-refractivity contribution in [1.82, 2.24) is 10.2 Å². The second kappa shape index (κ2) is 8.46. The summed E-state index contributed by atoms with van der Waals surface area (Å²) in [5.74, 6) is 0. The third kappa shape index (κ3) is 5.34. The van der Waals surface area contributed by atoms with Crippen LogP contribution in [0.4, 0.5) is 0 Å². The number of hydrogen-bond acceptors (Lipinski definition) is 3. The maximum atomic E-state index is 3.83. The Morgan fingerprint density at radius 1 is 1.39 bits per heavy atom. The summed E-state index contributed by atoms with van der Waals surface area (Å²) in [4.78, 5) is 5.31. The molecule has 0 fully saturated rings. The average molecular weight is 266 g/mol. The third-order valence-corrected chi connectivity index (χ3v) is 3.97. The fraction of sp³-hybridized carbons (Fsp3) is 0.600. The summed E-state index contributed by atoms with van der Waals surface area (Å²) in [7, 11) is 0. The van der Waals surface area contributed by atoms with Gasteiger partial charge in [-0.2, -0.15) is 0 Å². The highest BCUT2D eigenvalue weighted by atomic mass is 32.1. The minimum atomic E-state index is 0.562. The lowest BCUT2D eigenvalue weighted by Crippen LogP contribution is -2.29. The Morgan fingerprint density at radius 3 is 2.72 bits per heavy atom. The lowest BCUT2D eigenvalue weighted by molar-refractivity contribution is 0.239. The van der Waals surface area contributed by atoms with E-state index in [1.54, 1.807) is 0 Å². The topological polar surface area (TPSA) is 15.3 Å². The molecule has 0 saturated carbocycles. The Balaban J connectivity index is 2.48. The molecule has 1 heterocycles. The lowest BCUT2D eigenvalue weighted by atomic mass is 10.3. The van der Waals surface area contributed by atoms with Gasteiger partial charge in [0.25, 0.3) is 0 Å². The first-order valence-electron chi connectivity index (χ1n) is 6.80. The van der Waals surface area contributed by atoms with E-state index in [1.165, 1.54) is 16.2 Å². The van der Waals surface area contributed by atoms with Crippen LogP contribution in [-0.4, -0.2) is 24.0 Å². The minimum Gasteiger partial charge on any atom is -0.312 e. The molecule has 0 saturated heterocycles. The maximum absolute atomic E-state index is 3.83. The molecule has 0 radical (unpaired) electrons. The summed E-state index contributed by atoms with van der Waals surface area (Å²) in [5.41, 5.74) is 0. The molecule has 3 heteroatoms. The van der Waals surface area contributed by atoms with Crippen LogP contribution in [0.2, 0.25) is 0 Å². The van der Waals surface area contributed by atoms with Crippen molar-refractivity contribution in [3.8, 4) is 0 Å². The van der Waals surface area contributed by atoms with Gasteiger partial charge in [0.2, 0.25) is 0 Å². The fourth-order valence-corrected chi connectivity index (χ4v) is 2.83. The zero-order chi connectivity index (χ0) is 13.4. The summed E-state index contributed by atoms with van der Waals surface area (Å²) in [6, 6.07) is 5.06. The van der Waals surface area contributed by atoms with Crippen molar-refractivity contribution in [3.63, 3.8) is 0 Å². The number of rotatable bonds is 9. The standard InChI is InChI=1S/C15H26N2S/c1-5-9-16-11-14-7-8-15(18-14)12-17(10-6-2)13(3)4/h6-8,13,16H,2,5,9-12H2,1,3-4H3. The first-order valence-corrected chi connectivity index (χ1v) is 7.62. The lowest BCUT2D eigenvalue weighted by Gasteiger charge is -2.24. The number of thiophene rings is 1. The molecule has 0 bridgehead atoms. The zero-order valence-corrected chi connectivity index (χ0v) is 12.7. The summed E-state index contributed by atoms with van der Waals surface area (Å²) in [5, 5.41) is 3.45. The molecule has 0 aliphatic carbocycles. The smallest absolute Gasteiger partial charge is 0.0334 e. The van der Waals surface area contributed by atoms with E-state index in [2.05, 4.69) is 49.7 Å². The van der Waals surface area contributed by atoms with Crippen molar-refractivity contribution < 1.29 is 0 Å². The summed E-state index contributed by atoms with van der Waals surface area (Å²) < 4.78 is 0. The predicted octanol–water partition coefficient (Wildman–Crippen LogP) is 3.64. The maximum Gasteiger partial charge on any atom is 0.0334 e. The van der Waals surface area contributed by atoms with Gasteiger partial charge in [0.15, 0.2) is 0 Å². The average Bonchev–Trinajstić information content (AvgIpc) is 2.76. The van der Waals surface area contributed by atoms with Gasteiger partial charge in [-0.05, 0) is 38.9 Å². The molecular formula is C15H26N2S. The van der Waals surface area contributed by atoms with Crippen molar-refractivity contribution in [1.29, 1.82) is 0 Å². The molecule has 102 valence electrons. The van der Waals surface area contributed by atoms with Crippen LogP contribution in [0, 0.1) is 0 Å². The van der Waals surface area contributed by atoms with Crippen molar-refractivity contribution in [3.05, 3.63) is 34.5 Å². The highest BCUT2D eigenvalue weighted by Crippen LogP contribution is 2.19. The van der Waals surface area contributed by atoms with Crippen LogP contribution in [-0.2, 0) is 13.1 Å². The summed E-state index contributed by atoms with van der Waals surface area (Å²) >= 11 is 1.92. The van der Waals surface area contributed by atoms with Gasteiger partial charge in [0.1, 0.15) is 0 Å². The van der Waals surface area contributed by atoms with Crippen LogP contribution >= 0.6 is 11.3 Å². The molecule has 0 aromatic carbocycles. The normalized spacial score (nSPS) is 11.4. The fourth-order valence-electron chi connectivity index (χ4n) is 1.81. The van der Waals surface area contributed by atoms with Crippen molar-refractivity contribution >= 4 is 11.3 Å². The van der Waals surface area contributed by atoms with E-state index < -0.39 is 0 Å². The van der Waals surface area contributed by atoms with Gasteiger partial charge in [-0.25, -0.2) is 0 Å². The Bertz CT molecular complexity index is 344. The summed E-state index contributed by atoms with van der Waals surface area (Å²) in [6.07, 6.45) is 3.18. The van der Waals surface area contributed by atoms with Crippen molar-refractivity contribution in [2.24, 2.45) is 0 Å². The van der Waals surface area contributed by atoms with Crippen LogP contribution < -0.4 is 5.32 Å². The second-order valence-corrected chi connectivity index (χ2v) is 6.11. The molecule has 2 nitrogen and oxygen atoms in total. The molecule has 0 spiro atoms. The molecule has 0 atom stereocenters. The first-order chi connectivity index (χ1) is 8.67. The Hall–Kier alpha value is -0.640. The zero-order valence-electron chi connectivity index (χ0n) is 11.9. The van der Waals surface area contributed by atoms with E-state index in [-0.39, 0.29) is 0 Å². The van der Waals surface area contributed by atoms with Gasteiger partial charge < -0.3 is 5.32 Å². The highest BCUT2D eigenvalue weighted by Gasteiger charge is 2.09. The molecule has 0 aliphatic heterocycles. The van der Waals surface area contributed by atoms with Crippen molar-refractivity contribution in [2.75, 3.05) is 13.1 Å². The molecule has 1 N–H and O–H groups in total. The third-order valence-electron chi connectivity index (χ3n) is 2.90. The van der Waals surface area contributed by atoms with Crippen LogP contribution in [0.1, 0.15) is 36.9 Å². The van der Waals surface area contributed by atoms with Gasteiger partial charge in [0, 0.05) is 35.4 Å². The van der Waals surface area contributed by atoms with E-state index in [4.69, 9.17) is 0 Å². The van der Waals surface area contributed by atoms with E-state index in [0.717, 1.165) is 26.2 Å². The van der Waals surface area contributed by atoms with Gasteiger partial charge in [0.05, 0.1) is 0 Å². The second-order valence-electron chi connectivity index (χ2n) is 4.86. The molecule has 0 unspecified atom stereocenters. The van der Waals surface area contributed by atoms with Crippen LogP contribution in [0.5, 0.6) is 0 Å². The van der Waals surface area contributed by atoms with Crippen LogP contribution in [0.3, 0.4) is 0 Å². The predicted molar refractivity (Wildman–Crippen MR) is 82.1 cm³/mol. The molecule has 1 aromatic rings. The van der Waals surface area contributed by atoms with Gasteiger partial charge in [-0.3, -0.25) is 4.90 Å².